The molecule has 0 bridgehead atoms. The van der Waals surface area contributed by atoms with E-state index in [-0.39, 0.29) is 6.17 Å². The van der Waals surface area contributed by atoms with Gasteiger partial charge < -0.3 is 14.5 Å². The first-order chi connectivity index (χ1) is 9.22. The van der Waals surface area contributed by atoms with Crippen molar-refractivity contribution >= 4 is 11.4 Å². The van der Waals surface area contributed by atoms with Gasteiger partial charge in [0.1, 0.15) is 11.9 Å². The van der Waals surface area contributed by atoms with Crippen LogP contribution in [0.1, 0.15) is 11.7 Å². The zero-order valence-electron chi connectivity index (χ0n) is 11.5. The molecule has 3 nitrogen and oxygen atoms in total. The van der Waals surface area contributed by atoms with Gasteiger partial charge in [-0.1, -0.05) is 30.3 Å². The molecule has 19 heavy (non-hydrogen) atoms. The highest BCUT2D eigenvalue weighted by molar-refractivity contribution is 5.79. The molecule has 3 rings (SSSR count). The molecule has 1 unspecified atom stereocenters. The molecule has 3 heteroatoms. The number of nitrogens with zero attached hydrogens (tertiary/aromatic N) is 2. The van der Waals surface area contributed by atoms with Crippen LogP contribution in [0.5, 0.6) is 5.75 Å². The summed E-state index contributed by atoms with van der Waals surface area (Å²) < 4.78 is 5.32. The van der Waals surface area contributed by atoms with Gasteiger partial charge in [-0.25, -0.2) is 0 Å². The maximum absolute atomic E-state index is 5.32. The molecule has 0 amide bonds. The number of anilines is 2. The van der Waals surface area contributed by atoms with Crippen molar-refractivity contribution < 1.29 is 4.74 Å². The molecule has 0 saturated carbocycles. The highest BCUT2D eigenvalue weighted by Gasteiger charge is 2.32. The third kappa shape index (κ3) is 1.82. The van der Waals surface area contributed by atoms with Crippen LogP contribution in [-0.2, 0) is 0 Å². The first-order valence-electron chi connectivity index (χ1n) is 6.41. The van der Waals surface area contributed by atoms with Gasteiger partial charge in [0.05, 0.1) is 18.5 Å². The summed E-state index contributed by atoms with van der Waals surface area (Å²) in [5.41, 5.74) is 3.73. The van der Waals surface area contributed by atoms with E-state index in [1.54, 1.807) is 7.11 Å². The van der Waals surface area contributed by atoms with Crippen LogP contribution >= 0.6 is 0 Å². The molecule has 0 spiro atoms. The van der Waals surface area contributed by atoms with Gasteiger partial charge in [-0.3, -0.25) is 0 Å². The summed E-state index contributed by atoms with van der Waals surface area (Å²) >= 11 is 0. The molecular formula is C16H18N2O. The summed E-state index contributed by atoms with van der Waals surface area (Å²) in [4.78, 5) is 4.58. The van der Waals surface area contributed by atoms with Crippen molar-refractivity contribution in [3.05, 3.63) is 54.1 Å². The lowest BCUT2D eigenvalue weighted by Gasteiger charge is -2.28. The third-order valence-electron chi connectivity index (χ3n) is 3.77. The molecule has 0 aliphatic carbocycles. The van der Waals surface area contributed by atoms with E-state index in [2.05, 4.69) is 66.4 Å². The number of benzene rings is 2. The number of fused-ring (bicyclic) bond motifs is 1. The van der Waals surface area contributed by atoms with E-state index in [9.17, 15) is 0 Å². The zero-order valence-corrected chi connectivity index (χ0v) is 11.5. The van der Waals surface area contributed by atoms with Gasteiger partial charge in [0.25, 0.3) is 0 Å². The van der Waals surface area contributed by atoms with Crippen LogP contribution in [0.15, 0.2) is 48.5 Å². The van der Waals surface area contributed by atoms with Crippen molar-refractivity contribution in [2.24, 2.45) is 0 Å². The van der Waals surface area contributed by atoms with Crippen molar-refractivity contribution in [1.29, 1.82) is 0 Å². The summed E-state index contributed by atoms with van der Waals surface area (Å²) in [6.45, 7) is 0. The Kier molecular flexibility index (Phi) is 2.82. The summed E-state index contributed by atoms with van der Waals surface area (Å²) in [5.74, 6) is 0.896. The second-order valence-corrected chi connectivity index (χ2v) is 4.86. The first-order valence-corrected chi connectivity index (χ1v) is 6.41. The fourth-order valence-corrected chi connectivity index (χ4v) is 2.81. The predicted molar refractivity (Wildman–Crippen MR) is 79.0 cm³/mol. The van der Waals surface area contributed by atoms with Crippen LogP contribution in [0.3, 0.4) is 0 Å². The van der Waals surface area contributed by atoms with E-state index in [1.807, 2.05) is 6.07 Å². The van der Waals surface area contributed by atoms with E-state index < -0.39 is 0 Å². The van der Waals surface area contributed by atoms with Crippen LogP contribution in [-0.4, -0.2) is 21.2 Å². The molecular weight excluding hydrogens is 236 g/mol. The lowest BCUT2D eigenvalue weighted by Crippen LogP contribution is -2.30. The van der Waals surface area contributed by atoms with Gasteiger partial charge in [0.2, 0.25) is 0 Å². The third-order valence-corrected chi connectivity index (χ3v) is 3.77. The average molecular weight is 254 g/mol. The number of methoxy groups -OCH3 is 1. The van der Waals surface area contributed by atoms with E-state index >= 15 is 0 Å². The van der Waals surface area contributed by atoms with Crippen molar-refractivity contribution in [2.75, 3.05) is 31.0 Å². The summed E-state index contributed by atoms with van der Waals surface area (Å²) in [7, 11) is 5.96. The minimum atomic E-state index is 0.239. The van der Waals surface area contributed by atoms with E-state index in [0.29, 0.717) is 0 Å². The quantitative estimate of drug-likeness (QED) is 0.818. The largest absolute Gasteiger partial charge is 0.497 e. The minimum absolute atomic E-state index is 0.239. The number of ether oxygens (including phenoxy) is 1. The fraction of sp³-hybridized carbons (Fsp3) is 0.250. The molecule has 1 aliphatic rings. The molecule has 0 saturated heterocycles. The molecule has 0 fully saturated rings. The van der Waals surface area contributed by atoms with Gasteiger partial charge in [0.15, 0.2) is 0 Å². The zero-order chi connectivity index (χ0) is 13.4. The maximum atomic E-state index is 5.32. The van der Waals surface area contributed by atoms with Gasteiger partial charge in [0, 0.05) is 20.2 Å². The Hall–Kier alpha value is -2.16. The topological polar surface area (TPSA) is 15.7 Å². The second kappa shape index (κ2) is 4.50. The maximum Gasteiger partial charge on any atom is 0.128 e. The van der Waals surface area contributed by atoms with Gasteiger partial charge >= 0.3 is 0 Å². The molecule has 1 heterocycles. The Bertz CT molecular complexity index is 583. The minimum Gasteiger partial charge on any atom is -0.497 e. The monoisotopic (exact) mass is 254 g/mol. The van der Waals surface area contributed by atoms with Crippen LogP contribution in [0, 0.1) is 0 Å². The molecule has 2 aromatic rings. The van der Waals surface area contributed by atoms with E-state index in [0.717, 1.165) is 5.75 Å². The first kappa shape index (κ1) is 11.9. The molecule has 0 radical (unpaired) electrons. The summed E-state index contributed by atoms with van der Waals surface area (Å²) in [6.07, 6.45) is 0.239. The standard InChI is InChI=1S/C16H18N2O/c1-17-14-10-9-13(19-3)11-15(14)18(2)16(17)12-7-5-4-6-8-12/h4-11,16H,1-3H3. The van der Waals surface area contributed by atoms with Crippen molar-refractivity contribution in [2.45, 2.75) is 6.17 Å². The number of hydrogen-bond donors (Lipinski definition) is 0. The van der Waals surface area contributed by atoms with Gasteiger partial charge in [-0.05, 0) is 17.7 Å². The SMILES string of the molecule is COc1ccc2c(c1)N(C)C(c1ccccc1)N2C. The normalized spacial score (nSPS) is 17.5. The Labute approximate surface area is 114 Å². The summed E-state index contributed by atoms with van der Waals surface area (Å²) in [5, 5.41) is 0. The fourth-order valence-electron chi connectivity index (χ4n) is 2.81. The number of hydrogen-bond acceptors (Lipinski definition) is 3. The molecule has 1 aliphatic heterocycles. The van der Waals surface area contributed by atoms with Crippen LogP contribution < -0.4 is 14.5 Å². The van der Waals surface area contributed by atoms with Gasteiger partial charge in [-0.15, -0.1) is 0 Å². The molecule has 0 aromatic heterocycles. The Morgan fingerprint density at radius 2 is 1.58 bits per heavy atom. The van der Waals surface area contributed by atoms with Crippen molar-refractivity contribution in [3.8, 4) is 5.75 Å². The lowest BCUT2D eigenvalue weighted by molar-refractivity contribution is 0.415. The van der Waals surface area contributed by atoms with E-state index in [4.69, 9.17) is 4.74 Å². The predicted octanol–water partition coefficient (Wildman–Crippen LogP) is 3.28. The van der Waals surface area contributed by atoms with Crippen LogP contribution in [0.2, 0.25) is 0 Å². The molecule has 98 valence electrons. The Balaban J connectivity index is 2.04. The number of rotatable bonds is 2. The highest BCUT2D eigenvalue weighted by Crippen LogP contribution is 2.45. The molecule has 0 N–H and O–H groups in total. The average Bonchev–Trinajstić information content (AvgIpc) is 2.71. The van der Waals surface area contributed by atoms with Crippen molar-refractivity contribution in [1.82, 2.24) is 0 Å². The Morgan fingerprint density at radius 1 is 0.895 bits per heavy atom. The summed E-state index contributed by atoms with van der Waals surface area (Å²) in [6, 6.07) is 16.8. The second-order valence-electron chi connectivity index (χ2n) is 4.86. The van der Waals surface area contributed by atoms with Crippen LogP contribution in [0.4, 0.5) is 11.4 Å². The van der Waals surface area contributed by atoms with Gasteiger partial charge in [-0.2, -0.15) is 0 Å². The Morgan fingerprint density at radius 3 is 2.26 bits per heavy atom. The smallest absolute Gasteiger partial charge is 0.128 e. The van der Waals surface area contributed by atoms with E-state index in [1.165, 1.54) is 16.9 Å². The molecule has 1 atom stereocenters. The van der Waals surface area contributed by atoms with Crippen molar-refractivity contribution in [3.63, 3.8) is 0 Å². The highest BCUT2D eigenvalue weighted by atomic mass is 16.5. The van der Waals surface area contributed by atoms with Crippen LogP contribution in [0.25, 0.3) is 0 Å². The lowest BCUT2D eigenvalue weighted by atomic mass is 10.1. The molecule has 2 aromatic carbocycles.